The van der Waals surface area contributed by atoms with Crippen LogP contribution in [0.15, 0.2) is 51.9 Å². The van der Waals surface area contributed by atoms with Crippen LogP contribution in [0.25, 0.3) is 22.4 Å². The quantitative estimate of drug-likeness (QED) is 0.505. The number of pyridine rings is 2. The van der Waals surface area contributed by atoms with Gasteiger partial charge < -0.3 is 19.1 Å². The summed E-state index contributed by atoms with van der Waals surface area (Å²) in [6, 6.07) is 11.2. The average molecular weight is 444 g/mol. The number of hydrogen-bond donors (Lipinski definition) is 1. The first-order valence-corrected chi connectivity index (χ1v) is 11.0. The number of rotatable bonds is 5. The van der Waals surface area contributed by atoms with E-state index in [4.69, 9.17) is 9.26 Å². The van der Waals surface area contributed by atoms with E-state index >= 15 is 0 Å². The Balaban J connectivity index is 1.34. The molecular weight excluding hydrogens is 420 g/mol. The molecule has 1 aliphatic heterocycles. The first-order valence-electron chi connectivity index (χ1n) is 11.0. The zero-order valence-corrected chi connectivity index (χ0v) is 18.7. The minimum atomic E-state index is -0.464. The lowest BCUT2D eigenvalue weighted by Gasteiger charge is -2.11. The van der Waals surface area contributed by atoms with Crippen molar-refractivity contribution in [1.29, 1.82) is 0 Å². The lowest BCUT2D eigenvalue weighted by atomic mass is 10.1. The highest BCUT2D eigenvalue weighted by Gasteiger charge is 2.21. The largest absolute Gasteiger partial charge is 0.490 e. The smallest absolute Gasteiger partial charge is 0.257 e. The molecule has 4 aromatic rings. The second kappa shape index (κ2) is 8.20. The number of aryl methyl sites for hydroxylation is 2. The van der Waals surface area contributed by atoms with E-state index in [1.807, 2.05) is 43.5 Å². The lowest BCUT2D eigenvalue weighted by Crippen LogP contribution is -2.29. The number of hydrogen-bond acceptors (Lipinski definition) is 6. The molecule has 1 aliphatic rings. The number of benzene rings is 1. The maximum absolute atomic E-state index is 12.9. The summed E-state index contributed by atoms with van der Waals surface area (Å²) < 4.78 is 13.1. The van der Waals surface area contributed by atoms with Crippen molar-refractivity contribution in [1.82, 2.24) is 20.0 Å². The first-order chi connectivity index (χ1) is 15.9. The number of nitrogens with one attached hydrogen (secondary N) is 1. The minimum absolute atomic E-state index is 0.0728. The molecule has 4 heterocycles. The molecule has 1 unspecified atom stereocenters. The number of aromatic nitrogens is 3. The highest BCUT2D eigenvalue weighted by atomic mass is 16.5. The van der Waals surface area contributed by atoms with Gasteiger partial charge in [-0.25, -0.2) is 4.98 Å². The molecule has 8 nitrogen and oxygen atoms in total. The predicted octanol–water partition coefficient (Wildman–Crippen LogP) is 3.63. The van der Waals surface area contributed by atoms with Gasteiger partial charge in [0.15, 0.2) is 5.76 Å². The Morgan fingerprint density at radius 3 is 2.91 bits per heavy atom. The molecule has 0 spiro atoms. The fourth-order valence-electron chi connectivity index (χ4n) is 4.11. The average Bonchev–Trinajstić information content (AvgIpc) is 3.42. The number of amides is 1. The first kappa shape index (κ1) is 20.9. The normalized spacial score (nSPS) is 14.8. The fraction of sp³-hybridized carbons (Fsp3) is 0.280. The molecule has 3 aromatic heterocycles. The minimum Gasteiger partial charge on any atom is -0.490 e. The van der Waals surface area contributed by atoms with Crippen molar-refractivity contribution >= 4 is 16.9 Å². The molecule has 1 aromatic carbocycles. The summed E-state index contributed by atoms with van der Waals surface area (Å²) in [5.41, 5.74) is 3.71. The molecule has 0 saturated heterocycles. The number of nitrogens with zero attached hydrogens (tertiary/aromatic N) is 3. The van der Waals surface area contributed by atoms with E-state index < -0.39 is 5.91 Å². The number of ether oxygens (including phenoxy) is 1. The van der Waals surface area contributed by atoms with E-state index in [1.54, 1.807) is 24.4 Å². The molecule has 33 heavy (non-hydrogen) atoms. The Bertz CT molecular complexity index is 1440. The third-order valence-corrected chi connectivity index (χ3v) is 5.82. The van der Waals surface area contributed by atoms with Crippen LogP contribution in [0.4, 0.5) is 0 Å². The van der Waals surface area contributed by atoms with Crippen LogP contribution in [0.5, 0.6) is 5.75 Å². The molecule has 1 amide bonds. The SMILES string of the molecule is CCn1cc(C(=O)NCc2cc(-c3ccc4c(c3)OC(C)C4)on2)c(=O)c2ccc(C)nc21. The van der Waals surface area contributed by atoms with Gasteiger partial charge in [-0.15, -0.1) is 0 Å². The van der Waals surface area contributed by atoms with Crippen molar-refractivity contribution in [2.24, 2.45) is 0 Å². The van der Waals surface area contributed by atoms with Gasteiger partial charge in [0, 0.05) is 36.5 Å². The fourth-order valence-corrected chi connectivity index (χ4v) is 4.11. The van der Waals surface area contributed by atoms with Crippen LogP contribution in [0.1, 0.15) is 41.2 Å². The zero-order valence-electron chi connectivity index (χ0n) is 18.7. The lowest BCUT2D eigenvalue weighted by molar-refractivity contribution is 0.0948. The van der Waals surface area contributed by atoms with Gasteiger partial charge in [-0.1, -0.05) is 17.3 Å². The standard InChI is InChI=1S/C25H24N4O4/c1-4-29-13-20(23(30)19-8-5-14(2)27-24(19)29)25(31)26-12-18-11-22(33-28-18)17-7-6-16-9-15(3)32-21(16)10-17/h5-8,10-11,13,15H,4,9,12H2,1-3H3,(H,26,31). The van der Waals surface area contributed by atoms with E-state index in [1.165, 1.54) is 5.56 Å². The summed E-state index contributed by atoms with van der Waals surface area (Å²) in [6.07, 6.45) is 2.63. The highest BCUT2D eigenvalue weighted by Crippen LogP contribution is 2.33. The topological polar surface area (TPSA) is 99.3 Å². The molecule has 1 atom stereocenters. The molecule has 8 heteroatoms. The maximum Gasteiger partial charge on any atom is 0.257 e. The van der Waals surface area contributed by atoms with Gasteiger partial charge in [-0.3, -0.25) is 9.59 Å². The Hall–Kier alpha value is -3.94. The summed E-state index contributed by atoms with van der Waals surface area (Å²) >= 11 is 0. The van der Waals surface area contributed by atoms with Crippen molar-refractivity contribution < 1.29 is 14.1 Å². The Morgan fingerprint density at radius 1 is 1.24 bits per heavy atom. The van der Waals surface area contributed by atoms with Crippen LogP contribution in [-0.4, -0.2) is 26.7 Å². The molecule has 0 bridgehead atoms. The molecule has 1 N–H and O–H groups in total. The van der Waals surface area contributed by atoms with Gasteiger partial charge in [0.25, 0.3) is 5.91 Å². The van der Waals surface area contributed by atoms with E-state index in [-0.39, 0.29) is 23.6 Å². The van der Waals surface area contributed by atoms with Crippen LogP contribution in [0, 0.1) is 6.92 Å². The highest BCUT2D eigenvalue weighted by molar-refractivity contribution is 5.96. The van der Waals surface area contributed by atoms with Gasteiger partial charge in [-0.2, -0.15) is 0 Å². The van der Waals surface area contributed by atoms with Crippen molar-refractivity contribution in [3.63, 3.8) is 0 Å². The van der Waals surface area contributed by atoms with Crippen LogP contribution in [0.3, 0.4) is 0 Å². The number of carbonyl (C=O) groups excluding carboxylic acids is 1. The van der Waals surface area contributed by atoms with Gasteiger partial charge in [0.1, 0.15) is 28.8 Å². The van der Waals surface area contributed by atoms with E-state index in [9.17, 15) is 9.59 Å². The number of fused-ring (bicyclic) bond motifs is 2. The summed E-state index contributed by atoms with van der Waals surface area (Å²) in [5, 5.41) is 7.26. The van der Waals surface area contributed by atoms with E-state index in [0.29, 0.717) is 29.0 Å². The van der Waals surface area contributed by atoms with Crippen LogP contribution in [0.2, 0.25) is 0 Å². The van der Waals surface area contributed by atoms with Gasteiger partial charge >= 0.3 is 0 Å². The summed E-state index contributed by atoms with van der Waals surface area (Å²) in [7, 11) is 0. The zero-order chi connectivity index (χ0) is 23.1. The van der Waals surface area contributed by atoms with Crippen LogP contribution in [-0.2, 0) is 19.5 Å². The second-order valence-corrected chi connectivity index (χ2v) is 8.30. The molecule has 168 valence electrons. The summed E-state index contributed by atoms with van der Waals surface area (Å²) in [4.78, 5) is 30.2. The molecule has 5 rings (SSSR count). The molecule has 0 radical (unpaired) electrons. The van der Waals surface area contributed by atoms with Crippen molar-refractivity contribution in [3.8, 4) is 17.1 Å². The monoisotopic (exact) mass is 444 g/mol. The second-order valence-electron chi connectivity index (χ2n) is 8.30. The predicted molar refractivity (Wildman–Crippen MR) is 123 cm³/mol. The van der Waals surface area contributed by atoms with E-state index in [2.05, 4.69) is 15.5 Å². The van der Waals surface area contributed by atoms with Crippen LogP contribution < -0.4 is 15.5 Å². The van der Waals surface area contributed by atoms with Crippen LogP contribution >= 0.6 is 0 Å². The van der Waals surface area contributed by atoms with Gasteiger partial charge in [0.2, 0.25) is 5.43 Å². The van der Waals surface area contributed by atoms with E-state index in [0.717, 1.165) is 23.4 Å². The Kier molecular flexibility index (Phi) is 5.20. The molecule has 0 fully saturated rings. The van der Waals surface area contributed by atoms with Crippen molar-refractivity contribution in [2.45, 2.75) is 46.4 Å². The Labute approximate surface area is 190 Å². The molecule has 0 aliphatic carbocycles. The van der Waals surface area contributed by atoms with Crippen molar-refractivity contribution in [3.05, 3.63) is 75.3 Å². The maximum atomic E-state index is 12.9. The summed E-state index contributed by atoms with van der Waals surface area (Å²) in [6.45, 7) is 6.57. The van der Waals surface area contributed by atoms with Gasteiger partial charge in [0.05, 0.1) is 11.9 Å². The van der Waals surface area contributed by atoms with Crippen molar-refractivity contribution in [2.75, 3.05) is 0 Å². The molecular formula is C25H24N4O4. The third-order valence-electron chi connectivity index (χ3n) is 5.82. The molecule has 0 saturated carbocycles. The summed E-state index contributed by atoms with van der Waals surface area (Å²) in [5.74, 6) is 0.985. The number of carbonyl (C=O) groups is 1. The van der Waals surface area contributed by atoms with Gasteiger partial charge in [-0.05, 0) is 44.5 Å². The Morgan fingerprint density at radius 2 is 2.09 bits per heavy atom. The third kappa shape index (κ3) is 3.88.